The largest absolute Gasteiger partial charge is 0.484 e. The van der Waals surface area contributed by atoms with Crippen LogP contribution in [0.15, 0.2) is 54.7 Å². The number of carbonyl (C=O) groups is 1. The summed E-state index contributed by atoms with van der Waals surface area (Å²) in [5.41, 5.74) is -0.244. The Labute approximate surface area is 151 Å². The summed E-state index contributed by atoms with van der Waals surface area (Å²) in [5, 5.41) is 3.28. The minimum Gasteiger partial charge on any atom is -0.484 e. The summed E-state index contributed by atoms with van der Waals surface area (Å²) in [6, 6.07) is 11.0. The smallest absolute Gasteiger partial charge is 0.416 e. The molecule has 2 aromatic carbocycles. The third kappa shape index (κ3) is 4.23. The van der Waals surface area contributed by atoms with E-state index in [0.29, 0.717) is 16.3 Å². The van der Waals surface area contributed by atoms with Gasteiger partial charge in [0.1, 0.15) is 5.75 Å². The third-order valence-electron chi connectivity index (χ3n) is 3.53. The van der Waals surface area contributed by atoms with Crippen LogP contribution in [0.3, 0.4) is 0 Å². The van der Waals surface area contributed by atoms with E-state index in [1.54, 1.807) is 24.3 Å². The number of nitrogens with zero attached hydrogens (tertiary/aromatic N) is 1. The number of carbonyl (C=O) groups excluding carboxylic acids is 1. The second-order valence-electron chi connectivity index (χ2n) is 5.38. The van der Waals surface area contributed by atoms with Gasteiger partial charge in [0.25, 0.3) is 5.91 Å². The maximum Gasteiger partial charge on any atom is 0.416 e. The lowest BCUT2D eigenvalue weighted by atomic mass is 10.1. The summed E-state index contributed by atoms with van der Waals surface area (Å²) in [6.45, 7) is -0.301. The van der Waals surface area contributed by atoms with Crippen LogP contribution in [0.25, 0.3) is 10.9 Å². The van der Waals surface area contributed by atoms with Crippen LogP contribution < -0.4 is 10.1 Å². The van der Waals surface area contributed by atoms with Crippen molar-refractivity contribution in [2.75, 3.05) is 11.9 Å². The van der Waals surface area contributed by atoms with Gasteiger partial charge in [0.05, 0.1) is 16.8 Å². The van der Waals surface area contributed by atoms with Crippen LogP contribution in [0.5, 0.6) is 5.75 Å². The fourth-order valence-electron chi connectivity index (χ4n) is 2.30. The van der Waals surface area contributed by atoms with Crippen molar-refractivity contribution in [2.24, 2.45) is 0 Å². The first kappa shape index (κ1) is 18.0. The molecule has 3 rings (SSSR count). The number of amides is 1. The van der Waals surface area contributed by atoms with Gasteiger partial charge in [-0.1, -0.05) is 11.6 Å². The molecule has 0 saturated heterocycles. The molecular formula is C18H12ClF3N2O2. The average Bonchev–Trinajstić information content (AvgIpc) is 2.60. The lowest BCUT2D eigenvalue weighted by Gasteiger charge is -2.12. The third-order valence-corrected chi connectivity index (χ3v) is 3.78. The Balaban J connectivity index is 1.77. The molecule has 0 spiro atoms. The van der Waals surface area contributed by atoms with E-state index in [-0.39, 0.29) is 17.7 Å². The van der Waals surface area contributed by atoms with Crippen molar-refractivity contribution in [1.82, 2.24) is 4.98 Å². The van der Waals surface area contributed by atoms with E-state index in [1.807, 2.05) is 0 Å². The van der Waals surface area contributed by atoms with Crippen LogP contribution in [0.4, 0.5) is 18.9 Å². The van der Waals surface area contributed by atoms with Crippen molar-refractivity contribution >= 4 is 34.1 Å². The zero-order chi connectivity index (χ0) is 18.7. The highest BCUT2D eigenvalue weighted by molar-refractivity contribution is 6.30. The van der Waals surface area contributed by atoms with E-state index < -0.39 is 17.6 Å². The minimum absolute atomic E-state index is 0.196. The molecule has 4 nitrogen and oxygen atoms in total. The van der Waals surface area contributed by atoms with Crippen LogP contribution in [-0.4, -0.2) is 17.5 Å². The molecule has 0 radical (unpaired) electrons. The molecule has 0 unspecified atom stereocenters. The maximum atomic E-state index is 12.9. The lowest BCUT2D eigenvalue weighted by Crippen LogP contribution is -2.20. The quantitative estimate of drug-likeness (QED) is 0.698. The van der Waals surface area contributed by atoms with E-state index in [0.717, 1.165) is 12.1 Å². The Hall–Kier alpha value is -2.80. The lowest BCUT2D eigenvalue weighted by molar-refractivity contribution is -0.137. The molecule has 0 aliphatic rings. The molecule has 1 N–H and O–H groups in total. The van der Waals surface area contributed by atoms with Crippen LogP contribution in [0, 0.1) is 0 Å². The zero-order valence-corrected chi connectivity index (χ0v) is 13.9. The molecule has 0 aliphatic carbocycles. The molecule has 1 amide bonds. The first-order chi connectivity index (χ1) is 12.3. The maximum absolute atomic E-state index is 12.9. The van der Waals surface area contributed by atoms with Gasteiger partial charge >= 0.3 is 6.18 Å². The fourth-order valence-corrected chi connectivity index (χ4v) is 2.42. The van der Waals surface area contributed by atoms with Crippen molar-refractivity contribution in [3.63, 3.8) is 0 Å². The number of benzene rings is 2. The number of nitrogens with one attached hydrogen (secondary N) is 1. The van der Waals surface area contributed by atoms with Crippen molar-refractivity contribution in [3.8, 4) is 5.75 Å². The van der Waals surface area contributed by atoms with E-state index in [9.17, 15) is 18.0 Å². The van der Waals surface area contributed by atoms with Crippen molar-refractivity contribution in [1.29, 1.82) is 0 Å². The van der Waals surface area contributed by atoms with Crippen LogP contribution in [-0.2, 0) is 11.0 Å². The Kier molecular flexibility index (Phi) is 4.99. The second kappa shape index (κ2) is 7.21. The summed E-state index contributed by atoms with van der Waals surface area (Å²) in [6.07, 6.45) is -3.08. The van der Waals surface area contributed by atoms with Crippen LogP contribution >= 0.6 is 11.6 Å². The number of anilines is 1. The van der Waals surface area contributed by atoms with Gasteiger partial charge in [0.15, 0.2) is 6.61 Å². The minimum atomic E-state index is -4.48. The highest BCUT2D eigenvalue weighted by Gasteiger charge is 2.30. The number of hydrogen-bond acceptors (Lipinski definition) is 3. The summed E-state index contributed by atoms with van der Waals surface area (Å²) in [5.74, 6) is -0.0617. The Morgan fingerprint density at radius 1 is 1.12 bits per heavy atom. The number of ether oxygens (including phenoxy) is 1. The predicted octanol–water partition coefficient (Wildman–Crippen LogP) is 4.92. The topological polar surface area (TPSA) is 51.2 Å². The molecule has 1 aromatic heterocycles. The molecule has 0 aliphatic heterocycles. The monoisotopic (exact) mass is 380 g/mol. The molecule has 0 bridgehead atoms. The van der Waals surface area contributed by atoms with Gasteiger partial charge in [-0.05, 0) is 48.5 Å². The predicted molar refractivity (Wildman–Crippen MR) is 92.3 cm³/mol. The molecule has 134 valence electrons. The molecule has 0 saturated carbocycles. The summed E-state index contributed by atoms with van der Waals surface area (Å²) >= 11 is 5.76. The summed E-state index contributed by atoms with van der Waals surface area (Å²) < 4.78 is 44.0. The normalized spacial score (nSPS) is 11.4. The number of aromatic nitrogens is 1. The molecule has 8 heteroatoms. The van der Waals surface area contributed by atoms with Gasteiger partial charge < -0.3 is 10.1 Å². The molecule has 26 heavy (non-hydrogen) atoms. The van der Waals surface area contributed by atoms with Crippen molar-refractivity contribution in [3.05, 3.63) is 65.3 Å². The Morgan fingerprint density at radius 2 is 1.85 bits per heavy atom. The number of rotatable bonds is 4. The highest BCUT2D eigenvalue weighted by atomic mass is 35.5. The Morgan fingerprint density at radius 3 is 2.54 bits per heavy atom. The van der Waals surface area contributed by atoms with Gasteiger partial charge in [-0.25, -0.2) is 0 Å². The number of hydrogen-bond donors (Lipinski definition) is 1. The van der Waals surface area contributed by atoms with E-state index in [2.05, 4.69) is 10.3 Å². The first-order valence-corrected chi connectivity index (χ1v) is 7.85. The highest BCUT2D eigenvalue weighted by Crippen LogP contribution is 2.33. The van der Waals surface area contributed by atoms with Gasteiger partial charge in [-0.2, -0.15) is 13.2 Å². The number of alkyl halides is 3. The van der Waals surface area contributed by atoms with Crippen LogP contribution in [0.1, 0.15) is 5.56 Å². The fraction of sp³-hybridized carbons (Fsp3) is 0.111. The first-order valence-electron chi connectivity index (χ1n) is 7.47. The van der Waals surface area contributed by atoms with Crippen LogP contribution in [0.2, 0.25) is 5.02 Å². The number of pyridine rings is 1. The molecular weight excluding hydrogens is 369 g/mol. The zero-order valence-electron chi connectivity index (χ0n) is 13.2. The number of fused-ring (bicyclic) bond motifs is 1. The Bertz CT molecular complexity index is 943. The summed E-state index contributed by atoms with van der Waals surface area (Å²) in [7, 11) is 0. The molecule has 0 atom stereocenters. The van der Waals surface area contributed by atoms with Gasteiger partial charge in [0.2, 0.25) is 0 Å². The second-order valence-corrected chi connectivity index (χ2v) is 5.82. The van der Waals surface area contributed by atoms with E-state index in [4.69, 9.17) is 16.3 Å². The number of halogens is 4. The average molecular weight is 381 g/mol. The van der Waals surface area contributed by atoms with Crippen molar-refractivity contribution in [2.45, 2.75) is 6.18 Å². The van der Waals surface area contributed by atoms with Gasteiger partial charge in [-0.15, -0.1) is 0 Å². The van der Waals surface area contributed by atoms with E-state index in [1.165, 1.54) is 18.3 Å². The van der Waals surface area contributed by atoms with Gasteiger partial charge in [-0.3, -0.25) is 9.78 Å². The van der Waals surface area contributed by atoms with Crippen molar-refractivity contribution < 1.29 is 22.7 Å². The van der Waals surface area contributed by atoms with E-state index >= 15 is 0 Å². The van der Waals surface area contributed by atoms with Gasteiger partial charge in [0, 0.05) is 16.6 Å². The molecule has 0 fully saturated rings. The standard InChI is InChI=1S/C18H12ClF3N2O2/c19-12-2-4-13(5-3-12)26-10-17(25)24-16-7-8-23-15-6-1-11(9-14(15)16)18(20,21)22/h1-9H,10H2,(H,23,24,25). The molecule has 3 aromatic rings. The molecule has 1 heterocycles. The summed E-state index contributed by atoms with van der Waals surface area (Å²) in [4.78, 5) is 16.1. The SMILES string of the molecule is O=C(COc1ccc(Cl)cc1)Nc1ccnc2ccc(C(F)(F)F)cc12.